The van der Waals surface area contributed by atoms with Gasteiger partial charge >= 0.3 is 5.97 Å². The second kappa shape index (κ2) is 15.7. The van der Waals surface area contributed by atoms with Crippen LogP contribution < -0.4 is 10.6 Å². The van der Waals surface area contributed by atoms with Crippen molar-refractivity contribution in [3.63, 3.8) is 0 Å². The molecule has 0 aliphatic rings. The van der Waals surface area contributed by atoms with Gasteiger partial charge in [-0.25, -0.2) is 4.79 Å². The van der Waals surface area contributed by atoms with E-state index in [9.17, 15) is 14.4 Å². The molecule has 0 heterocycles. The van der Waals surface area contributed by atoms with Crippen LogP contribution in [0.3, 0.4) is 0 Å². The smallest absolute Gasteiger partial charge is 0.340 e. The molecule has 2 aromatic carbocycles. The van der Waals surface area contributed by atoms with Crippen molar-refractivity contribution in [1.82, 2.24) is 0 Å². The quantitative estimate of drug-likeness (QED) is 0.213. The third-order valence-electron chi connectivity index (χ3n) is 6.01. The number of carbonyl (C=O) groups is 3. The van der Waals surface area contributed by atoms with Crippen LogP contribution in [0.15, 0.2) is 42.5 Å². The standard InChI is InChI=1S/C29H40N2O4/c1-4-5-6-7-8-9-10-11-12-20-26(32)30-25-19-14-13-18-24(25)29(34)35-21-27(33)31-28-22(2)16-15-17-23(28)3/h13-19H,4-12,20-21H2,1-3H3,(H,30,32)(H,31,33). The molecule has 2 amide bonds. The molecule has 190 valence electrons. The zero-order valence-corrected chi connectivity index (χ0v) is 21.5. The molecular formula is C29H40N2O4. The second-order valence-corrected chi connectivity index (χ2v) is 9.06. The summed E-state index contributed by atoms with van der Waals surface area (Å²) in [6.07, 6.45) is 11.1. The van der Waals surface area contributed by atoms with Gasteiger partial charge in [-0.3, -0.25) is 9.59 Å². The molecule has 2 rings (SSSR count). The first-order valence-corrected chi connectivity index (χ1v) is 12.8. The molecular weight excluding hydrogens is 440 g/mol. The van der Waals surface area contributed by atoms with Crippen LogP contribution in [0, 0.1) is 13.8 Å². The minimum atomic E-state index is -0.652. The van der Waals surface area contributed by atoms with Crippen LogP contribution in [-0.4, -0.2) is 24.4 Å². The number of rotatable bonds is 15. The summed E-state index contributed by atoms with van der Waals surface area (Å²) in [7, 11) is 0. The number of carbonyl (C=O) groups excluding carboxylic acids is 3. The van der Waals surface area contributed by atoms with Gasteiger partial charge in [0, 0.05) is 12.1 Å². The highest BCUT2D eigenvalue weighted by Crippen LogP contribution is 2.20. The van der Waals surface area contributed by atoms with Gasteiger partial charge in [0.15, 0.2) is 6.61 Å². The molecule has 0 aliphatic heterocycles. The van der Waals surface area contributed by atoms with Crippen molar-refractivity contribution < 1.29 is 19.1 Å². The normalized spacial score (nSPS) is 10.6. The van der Waals surface area contributed by atoms with Gasteiger partial charge in [0.1, 0.15) is 0 Å². The first-order valence-electron chi connectivity index (χ1n) is 12.8. The number of amides is 2. The van der Waals surface area contributed by atoms with E-state index in [1.165, 1.54) is 38.5 Å². The monoisotopic (exact) mass is 480 g/mol. The maximum atomic E-state index is 12.6. The maximum Gasteiger partial charge on any atom is 0.340 e. The van der Waals surface area contributed by atoms with Crippen molar-refractivity contribution in [3.8, 4) is 0 Å². The Hall–Kier alpha value is -3.15. The van der Waals surface area contributed by atoms with E-state index in [0.29, 0.717) is 12.1 Å². The van der Waals surface area contributed by atoms with E-state index in [1.807, 2.05) is 32.0 Å². The van der Waals surface area contributed by atoms with E-state index in [1.54, 1.807) is 24.3 Å². The molecule has 0 atom stereocenters. The number of hydrogen-bond donors (Lipinski definition) is 2. The molecule has 0 bridgehead atoms. The lowest BCUT2D eigenvalue weighted by atomic mass is 10.1. The van der Waals surface area contributed by atoms with Crippen molar-refractivity contribution in [3.05, 3.63) is 59.2 Å². The van der Waals surface area contributed by atoms with Crippen molar-refractivity contribution in [2.75, 3.05) is 17.2 Å². The summed E-state index contributed by atoms with van der Waals surface area (Å²) in [6, 6.07) is 12.4. The number of aryl methyl sites for hydroxylation is 2. The van der Waals surface area contributed by atoms with Crippen LogP contribution in [0.25, 0.3) is 0 Å². The van der Waals surface area contributed by atoms with Gasteiger partial charge in [-0.2, -0.15) is 0 Å². The Labute approximate surface area is 209 Å². The molecule has 0 fully saturated rings. The van der Waals surface area contributed by atoms with Crippen molar-refractivity contribution in [1.29, 1.82) is 0 Å². The van der Waals surface area contributed by atoms with Gasteiger partial charge in [0.05, 0.1) is 11.3 Å². The van der Waals surface area contributed by atoms with Gasteiger partial charge in [0.25, 0.3) is 5.91 Å². The van der Waals surface area contributed by atoms with Gasteiger partial charge in [0.2, 0.25) is 5.91 Å². The van der Waals surface area contributed by atoms with Crippen LogP contribution >= 0.6 is 0 Å². The van der Waals surface area contributed by atoms with E-state index in [-0.39, 0.29) is 11.5 Å². The SMILES string of the molecule is CCCCCCCCCCCC(=O)Nc1ccccc1C(=O)OCC(=O)Nc1c(C)cccc1C. The lowest BCUT2D eigenvalue weighted by Gasteiger charge is -2.13. The van der Waals surface area contributed by atoms with Gasteiger partial charge in [-0.05, 0) is 43.5 Å². The molecule has 6 heteroatoms. The summed E-state index contributed by atoms with van der Waals surface area (Å²) in [4.78, 5) is 37.3. The summed E-state index contributed by atoms with van der Waals surface area (Å²) in [6.45, 7) is 5.62. The molecule has 35 heavy (non-hydrogen) atoms. The molecule has 0 saturated carbocycles. The van der Waals surface area contributed by atoms with Gasteiger partial charge in [-0.1, -0.05) is 88.6 Å². The number of benzene rings is 2. The van der Waals surface area contributed by atoms with Crippen LogP contribution in [0.4, 0.5) is 11.4 Å². The van der Waals surface area contributed by atoms with Crippen molar-refractivity contribution in [2.45, 2.75) is 85.0 Å². The first-order chi connectivity index (χ1) is 16.9. The Morgan fingerprint density at radius 1 is 0.714 bits per heavy atom. The molecule has 6 nitrogen and oxygen atoms in total. The highest BCUT2D eigenvalue weighted by Gasteiger charge is 2.16. The molecule has 0 aliphatic carbocycles. The maximum absolute atomic E-state index is 12.6. The lowest BCUT2D eigenvalue weighted by molar-refractivity contribution is -0.119. The summed E-state index contributed by atoms with van der Waals surface area (Å²) >= 11 is 0. The van der Waals surface area contributed by atoms with E-state index >= 15 is 0 Å². The largest absolute Gasteiger partial charge is 0.452 e. The van der Waals surface area contributed by atoms with Crippen LogP contribution in [0.2, 0.25) is 0 Å². The third-order valence-corrected chi connectivity index (χ3v) is 6.01. The minimum absolute atomic E-state index is 0.124. The Morgan fingerprint density at radius 3 is 1.97 bits per heavy atom. The minimum Gasteiger partial charge on any atom is -0.452 e. The van der Waals surface area contributed by atoms with Crippen LogP contribution in [-0.2, 0) is 14.3 Å². The number of esters is 1. The molecule has 0 radical (unpaired) electrons. The highest BCUT2D eigenvalue weighted by atomic mass is 16.5. The topological polar surface area (TPSA) is 84.5 Å². The van der Waals surface area contributed by atoms with Gasteiger partial charge < -0.3 is 15.4 Å². The summed E-state index contributed by atoms with van der Waals surface area (Å²) in [5, 5.41) is 5.62. The average molecular weight is 481 g/mol. The highest BCUT2D eigenvalue weighted by molar-refractivity contribution is 6.02. The van der Waals surface area contributed by atoms with Crippen LogP contribution in [0.1, 0.15) is 92.6 Å². The zero-order chi connectivity index (χ0) is 25.5. The summed E-state index contributed by atoms with van der Waals surface area (Å²) < 4.78 is 5.22. The fourth-order valence-corrected chi connectivity index (χ4v) is 3.98. The Balaban J connectivity index is 1.76. The van der Waals surface area contributed by atoms with E-state index < -0.39 is 18.5 Å². The predicted molar refractivity (Wildman–Crippen MR) is 142 cm³/mol. The Kier molecular flexibility index (Phi) is 12.6. The molecule has 0 unspecified atom stereocenters. The predicted octanol–water partition coefficient (Wildman–Crippen LogP) is 6.96. The van der Waals surface area contributed by atoms with Crippen LogP contribution in [0.5, 0.6) is 0 Å². The fraction of sp³-hybridized carbons (Fsp3) is 0.483. The van der Waals surface area contributed by atoms with Gasteiger partial charge in [-0.15, -0.1) is 0 Å². The summed E-state index contributed by atoms with van der Waals surface area (Å²) in [5.41, 5.74) is 3.22. The van der Waals surface area contributed by atoms with E-state index in [4.69, 9.17) is 4.74 Å². The Bertz CT molecular complexity index is 951. The number of hydrogen-bond acceptors (Lipinski definition) is 4. The molecule has 2 aromatic rings. The lowest BCUT2D eigenvalue weighted by Crippen LogP contribution is -2.22. The number of unbranched alkanes of at least 4 members (excludes halogenated alkanes) is 8. The molecule has 0 aromatic heterocycles. The van der Waals surface area contributed by atoms with E-state index in [2.05, 4.69) is 17.6 Å². The molecule has 2 N–H and O–H groups in total. The molecule has 0 saturated heterocycles. The second-order valence-electron chi connectivity index (χ2n) is 9.06. The number of nitrogens with one attached hydrogen (secondary N) is 2. The number of para-hydroxylation sites is 2. The molecule has 0 spiro atoms. The van der Waals surface area contributed by atoms with E-state index in [0.717, 1.165) is 36.1 Å². The number of anilines is 2. The average Bonchev–Trinajstić information content (AvgIpc) is 2.84. The van der Waals surface area contributed by atoms with Crippen molar-refractivity contribution >= 4 is 29.2 Å². The first kappa shape index (κ1) is 28.1. The third kappa shape index (κ3) is 10.3. The zero-order valence-electron chi connectivity index (χ0n) is 21.5. The number of ether oxygens (including phenoxy) is 1. The summed E-state index contributed by atoms with van der Waals surface area (Å²) in [5.74, 6) is -1.19. The fourth-order valence-electron chi connectivity index (χ4n) is 3.98. The Morgan fingerprint density at radius 2 is 1.31 bits per heavy atom. The van der Waals surface area contributed by atoms with Crippen molar-refractivity contribution in [2.24, 2.45) is 0 Å².